The Kier molecular flexibility index (Phi) is 3.99. The van der Waals surface area contributed by atoms with E-state index in [1.807, 2.05) is 0 Å². The predicted octanol–water partition coefficient (Wildman–Crippen LogP) is 3.68. The van der Waals surface area contributed by atoms with Crippen LogP contribution >= 0.6 is 27.3 Å². The quantitative estimate of drug-likeness (QED) is 0.670. The number of rotatable bonds is 3. The first kappa shape index (κ1) is 12.8. The number of hydrogen-bond donors (Lipinski definition) is 2. The Bertz CT molecular complexity index is 522. The SMILES string of the molecule is Cc1cccc(C(NN)c2cscc2Br)c1C. The molecule has 0 amide bonds. The van der Waals surface area contributed by atoms with Crippen LogP contribution in [-0.4, -0.2) is 0 Å². The highest BCUT2D eigenvalue weighted by atomic mass is 79.9. The van der Waals surface area contributed by atoms with Crippen molar-refractivity contribution in [1.82, 2.24) is 5.43 Å². The maximum atomic E-state index is 5.72. The normalized spacial score (nSPS) is 12.7. The van der Waals surface area contributed by atoms with Gasteiger partial charge in [0.15, 0.2) is 0 Å². The number of thiophene rings is 1. The molecule has 0 aliphatic heterocycles. The number of hydrazine groups is 1. The molecule has 1 unspecified atom stereocenters. The molecule has 1 aromatic heterocycles. The van der Waals surface area contributed by atoms with Crippen molar-refractivity contribution in [2.24, 2.45) is 5.84 Å². The van der Waals surface area contributed by atoms with Gasteiger partial charge in [-0.2, -0.15) is 11.3 Å². The van der Waals surface area contributed by atoms with E-state index in [-0.39, 0.29) is 6.04 Å². The summed E-state index contributed by atoms with van der Waals surface area (Å²) >= 11 is 5.24. The van der Waals surface area contributed by atoms with E-state index in [2.05, 4.69) is 64.2 Å². The standard InChI is InChI=1S/C13H15BrN2S/c1-8-4-3-5-10(9(8)2)13(16-15)11-6-17-7-12(11)14/h3-7,13,16H,15H2,1-2H3. The van der Waals surface area contributed by atoms with E-state index in [0.717, 1.165) is 4.47 Å². The van der Waals surface area contributed by atoms with E-state index >= 15 is 0 Å². The summed E-state index contributed by atoms with van der Waals surface area (Å²) in [5.74, 6) is 5.72. The van der Waals surface area contributed by atoms with Gasteiger partial charge in [-0.25, -0.2) is 5.43 Å². The average molecular weight is 311 g/mol. The third-order valence-electron chi connectivity index (χ3n) is 3.08. The second-order valence-corrected chi connectivity index (χ2v) is 5.66. The Morgan fingerprint density at radius 2 is 2.00 bits per heavy atom. The van der Waals surface area contributed by atoms with Gasteiger partial charge < -0.3 is 0 Å². The summed E-state index contributed by atoms with van der Waals surface area (Å²) in [6.45, 7) is 4.25. The van der Waals surface area contributed by atoms with E-state index in [1.54, 1.807) is 11.3 Å². The van der Waals surface area contributed by atoms with Crippen LogP contribution in [-0.2, 0) is 0 Å². The molecule has 0 radical (unpaired) electrons. The molecular weight excluding hydrogens is 296 g/mol. The summed E-state index contributed by atoms with van der Waals surface area (Å²) in [4.78, 5) is 0. The Morgan fingerprint density at radius 1 is 1.24 bits per heavy atom. The fourth-order valence-corrected chi connectivity index (χ4v) is 3.48. The topological polar surface area (TPSA) is 38.0 Å². The van der Waals surface area contributed by atoms with Gasteiger partial charge >= 0.3 is 0 Å². The minimum Gasteiger partial charge on any atom is -0.271 e. The summed E-state index contributed by atoms with van der Waals surface area (Å²) in [6.07, 6.45) is 0. The first-order valence-corrected chi connectivity index (χ1v) is 7.12. The fraction of sp³-hybridized carbons (Fsp3) is 0.231. The summed E-state index contributed by atoms with van der Waals surface area (Å²) in [6, 6.07) is 6.35. The molecule has 0 spiro atoms. The van der Waals surface area contributed by atoms with Gasteiger partial charge in [0, 0.05) is 9.85 Å². The molecule has 90 valence electrons. The molecule has 1 atom stereocenters. The lowest BCUT2D eigenvalue weighted by Gasteiger charge is -2.19. The molecule has 2 rings (SSSR count). The van der Waals surface area contributed by atoms with Gasteiger partial charge in [0.2, 0.25) is 0 Å². The molecule has 2 aromatic rings. The van der Waals surface area contributed by atoms with Gasteiger partial charge in [0.25, 0.3) is 0 Å². The van der Waals surface area contributed by atoms with Crippen molar-refractivity contribution in [2.45, 2.75) is 19.9 Å². The highest BCUT2D eigenvalue weighted by molar-refractivity contribution is 9.10. The van der Waals surface area contributed by atoms with Crippen LogP contribution in [0.4, 0.5) is 0 Å². The van der Waals surface area contributed by atoms with Crippen molar-refractivity contribution in [2.75, 3.05) is 0 Å². The molecule has 1 aromatic carbocycles. The third kappa shape index (κ3) is 2.45. The monoisotopic (exact) mass is 310 g/mol. The molecule has 0 aliphatic carbocycles. The van der Waals surface area contributed by atoms with Crippen molar-refractivity contribution < 1.29 is 0 Å². The average Bonchev–Trinajstić information content (AvgIpc) is 2.72. The van der Waals surface area contributed by atoms with Crippen LogP contribution in [0.25, 0.3) is 0 Å². The Balaban J connectivity index is 2.50. The Labute approximate surface area is 114 Å². The second kappa shape index (κ2) is 5.31. The second-order valence-electron chi connectivity index (χ2n) is 4.06. The molecular formula is C13H15BrN2S. The number of benzene rings is 1. The lowest BCUT2D eigenvalue weighted by atomic mass is 9.94. The number of aryl methyl sites for hydroxylation is 1. The summed E-state index contributed by atoms with van der Waals surface area (Å²) in [5, 5.41) is 4.20. The van der Waals surface area contributed by atoms with Gasteiger partial charge in [-0.05, 0) is 57.4 Å². The van der Waals surface area contributed by atoms with E-state index in [4.69, 9.17) is 5.84 Å². The van der Waals surface area contributed by atoms with Crippen molar-refractivity contribution >= 4 is 27.3 Å². The van der Waals surface area contributed by atoms with Gasteiger partial charge in [0.1, 0.15) is 0 Å². The minimum absolute atomic E-state index is 0.0375. The minimum atomic E-state index is 0.0375. The van der Waals surface area contributed by atoms with E-state index in [0.29, 0.717) is 0 Å². The molecule has 0 saturated heterocycles. The van der Waals surface area contributed by atoms with Gasteiger partial charge in [0.05, 0.1) is 6.04 Å². The highest BCUT2D eigenvalue weighted by Gasteiger charge is 2.18. The lowest BCUT2D eigenvalue weighted by molar-refractivity contribution is 0.633. The molecule has 0 saturated carbocycles. The molecule has 17 heavy (non-hydrogen) atoms. The summed E-state index contributed by atoms with van der Waals surface area (Å²) in [7, 11) is 0. The van der Waals surface area contributed by atoms with Crippen LogP contribution in [0.2, 0.25) is 0 Å². The van der Waals surface area contributed by atoms with Gasteiger partial charge in [-0.15, -0.1) is 0 Å². The Morgan fingerprint density at radius 3 is 2.59 bits per heavy atom. The summed E-state index contributed by atoms with van der Waals surface area (Å²) < 4.78 is 1.10. The molecule has 4 heteroatoms. The largest absolute Gasteiger partial charge is 0.271 e. The third-order valence-corrected chi connectivity index (χ3v) is 4.83. The van der Waals surface area contributed by atoms with E-state index < -0.39 is 0 Å². The van der Waals surface area contributed by atoms with Crippen LogP contribution in [0.5, 0.6) is 0 Å². The van der Waals surface area contributed by atoms with Crippen LogP contribution in [0.15, 0.2) is 33.4 Å². The van der Waals surface area contributed by atoms with E-state index in [9.17, 15) is 0 Å². The number of halogens is 1. The number of hydrogen-bond acceptors (Lipinski definition) is 3. The zero-order valence-electron chi connectivity index (χ0n) is 9.83. The van der Waals surface area contributed by atoms with Gasteiger partial charge in [-0.1, -0.05) is 18.2 Å². The number of nitrogens with two attached hydrogens (primary N) is 1. The number of nitrogens with one attached hydrogen (secondary N) is 1. The van der Waals surface area contributed by atoms with E-state index in [1.165, 1.54) is 22.3 Å². The molecule has 1 heterocycles. The highest BCUT2D eigenvalue weighted by Crippen LogP contribution is 2.33. The van der Waals surface area contributed by atoms with Crippen molar-refractivity contribution in [3.8, 4) is 0 Å². The van der Waals surface area contributed by atoms with Crippen LogP contribution in [0.1, 0.15) is 28.3 Å². The molecule has 0 aliphatic rings. The van der Waals surface area contributed by atoms with Crippen molar-refractivity contribution in [1.29, 1.82) is 0 Å². The maximum Gasteiger partial charge on any atom is 0.0731 e. The van der Waals surface area contributed by atoms with Crippen LogP contribution in [0, 0.1) is 13.8 Å². The van der Waals surface area contributed by atoms with Crippen molar-refractivity contribution in [3.05, 3.63) is 55.7 Å². The predicted molar refractivity (Wildman–Crippen MR) is 77.1 cm³/mol. The zero-order valence-corrected chi connectivity index (χ0v) is 12.2. The molecule has 3 N–H and O–H groups in total. The first-order chi connectivity index (χ1) is 8.15. The smallest absolute Gasteiger partial charge is 0.0731 e. The van der Waals surface area contributed by atoms with Crippen LogP contribution in [0.3, 0.4) is 0 Å². The fourth-order valence-electron chi connectivity index (χ4n) is 1.93. The molecule has 2 nitrogen and oxygen atoms in total. The van der Waals surface area contributed by atoms with Crippen LogP contribution < -0.4 is 11.3 Å². The van der Waals surface area contributed by atoms with Crippen molar-refractivity contribution in [3.63, 3.8) is 0 Å². The maximum absolute atomic E-state index is 5.72. The zero-order chi connectivity index (χ0) is 12.4. The lowest BCUT2D eigenvalue weighted by Crippen LogP contribution is -2.29. The molecule has 0 bridgehead atoms. The van der Waals surface area contributed by atoms with Gasteiger partial charge in [-0.3, -0.25) is 5.84 Å². The Hall–Kier alpha value is -0.680. The molecule has 0 fully saturated rings. The summed E-state index contributed by atoms with van der Waals surface area (Å²) in [5.41, 5.74) is 7.89. The first-order valence-electron chi connectivity index (χ1n) is 5.39.